The molecule has 1 unspecified atom stereocenters. The van der Waals surface area contributed by atoms with E-state index in [1.165, 1.54) is 4.90 Å². The molecule has 1 aliphatic rings. The fourth-order valence-electron chi connectivity index (χ4n) is 3.08. The third-order valence-corrected chi connectivity index (χ3v) is 4.25. The normalized spacial score (nSPS) is 18.2. The minimum absolute atomic E-state index is 0.376. The molecule has 1 aromatic heterocycles. The number of rotatable bonds is 5. The third kappa shape index (κ3) is 3.66. The Bertz CT molecular complexity index is 756. The van der Waals surface area contributed by atoms with Gasteiger partial charge in [0, 0.05) is 11.8 Å². The van der Waals surface area contributed by atoms with Gasteiger partial charge in [0.25, 0.3) is 6.43 Å². The van der Waals surface area contributed by atoms with Crippen LogP contribution in [0, 0.1) is 6.92 Å². The van der Waals surface area contributed by atoms with Gasteiger partial charge in [0.05, 0.1) is 31.2 Å². The van der Waals surface area contributed by atoms with E-state index in [4.69, 9.17) is 4.74 Å². The predicted octanol–water partition coefficient (Wildman–Crippen LogP) is 3.21. The molecule has 1 N–H and O–H groups in total. The molecule has 134 valence electrons. The number of hydrogen-bond donors (Lipinski definition) is 1. The predicted molar refractivity (Wildman–Crippen MR) is 91.0 cm³/mol. The van der Waals surface area contributed by atoms with Gasteiger partial charge in [-0.25, -0.2) is 13.5 Å². The molecule has 3 rings (SSSR count). The summed E-state index contributed by atoms with van der Waals surface area (Å²) in [6, 6.07) is 7.16. The van der Waals surface area contributed by atoms with Gasteiger partial charge in [-0.1, -0.05) is 0 Å². The molecule has 0 bridgehead atoms. The molecule has 2 aromatic rings. The second-order valence-electron chi connectivity index (χ2n) is 6.05. The molecule has 0 fully saturated rings. The Balaban J connectivity index is 2.13. The minimum atomic E-state index is -2.55. The summed E-state index contributed by atoms with van der Waals surface area (Å²) < 4.78 is 33.1. The number of methoxy groups -OCH3 is 1. The number of ether oxygens (including phenoxy) is 1. The van der Waals surface area contributed by atoms with Crippen LogP contribution in [-0.4, -0.2) is 46.1 Å². The van der Waals surface area contributed by atoms with E-state index in [-0.39, 0.29) is 0 Å². The van der Waals surface area contributed by atoms with Gasteiger partial charge < -0.3 is 14.7 Å². The van der Waals surface area contributed by atoms with E-state index in [2.05, 4.69) is 5.10 Å². The van der Waals surface area contributed by atoms with E-state index in [0.717, 1.165) is 16.8 Å². The Morgan fingerprint density at radius 1 is 1.32 bits per heavy atom. The van der Waals surface area contributed by atoms with Crippen molar-refractivity contribution >= 4 is 11.4 Å². The second kappa shape index (κ2) is 7.23. The van der Waals surface area contributed by atoms with Gasteiger partial charge in [0.15, 0.2) is 0 Å². The number of halogens is 2. The van der Waals surface area contributed by atoms with Crippen molar-refractivity contribution in [1.82, 2.24) is 14.7 Å². The maximum absolute atomic E-state index is 13.1. The molecule has 0 radical (unpaired) electrons. The topological polar surface area (TPSA) is 50.5 Å². The standard InChI is InChI=1S/C18H21F2N3O2/c1-12-9-21-23(10-12)15-7-8-17(24)22(11-16(19)20)18(15)13-3-5-14(25-2)6-4-13/h3-6,9-10,16-17,24H,7-8,11H2,1-2H3. The first-order valence-electron chi connectivity index (χ1n) is 8.11. The maximum atomic E-state index is 13.1. The number of aromatic nitrogens is 2. The molecular formula is C18H21F2N3O2. The molecule has 5 nitrogen and oxygen atoms in total. The third-order valence-electron chi connectivity index (χ3n) is 4.25. The molecule has 1 atom stereocenters. The van der Waals surface area contributed by atoms with Crippen molar-refractivity contribution in [3.05, 3.63) is 47.8 Å². The molecule has 1 aliphatic heterocycles. The minimum Gasteiger partial charge on any atom is -0.497 e. The molecule has 2 heterocycles. The lowest BCUT2D eigenvalue weighted by molar-refractivity contribution is -0.00147. The summed E-state index contributed by atoms with van der Waals surface area (Å²) in [5.74, 6) is 0.678. The van der Waals surface area contributed by atoms with Crippen LogP contribution in [-0.2, 0) is 0 Å². The number of aliphatic hydroxyl groups excluding tert-OH is 1. The van der Waals surface area contributed by atoms with Crippen molar-refractivity contribution in [1.29, 1.82) is 0 Å². The summed E-state index contributed by atoms with van der Waals surface area (Å²) >= 11 is 0. The van der Waals surface area contributed by atoms with Crippen LogP contribution in [0.1, 0.15) is 24.0 Å². The molecule has 0 spiro atoms. The highest BCUT2D eigenvalue weighted by atomic mass is 19.3. The van der Waals surface area contributed by atoms with Gasteiger partial charge >= 0.3 is 0 Å². The molecule has 0 saturated heterocycles. The van der Waals surface area contributed by atoms with E-state index in [9.17, 15) is 13.9 Å². The highest BCUT2D eigenvalue weighted by Gasteiger charge is 2.31. The number of aryl methyl sites for hydroxylation is 1. The van der Waals surface area contributed by atoms with E-state index in [1.54, 1.807) is 42.3 Å². The first kappa shape index (κ1) is 17.4. The Labute approximate surface area is 145 Å². The van der Waals surface area contributed by atoms with Crippen LogP contribution in [0.5, 0.6) is 5.75 Å². The molecule has 0 saturated carbocycles. The van der Waals surface area contributed by atoms with E-state index < -0.39 is 19.2 Å². The fraction of sp³-hybridized carbons (Fsp3) is 0.389. The largest absolute Gasteiger partial charge is 0.497 e. The molecule has 25 heavy (non-hydrogen) atoms. The Morgan fingerprint density at radius 3 is 2.60 bits per heavy atom. The zero-order chi connectivity index (χ0) is 18.0. The van der Waals surface area contributed by atoms with Gasteiger partial charge in [-0.3, -0.25) is 0 Å². The quantitative estimate of drug-likeness (QED) is 0.901. The van der Waals surface area contributed by atoms with E-state index >= 15 is 0 Å². The van der Waals surface area contributed by atoms with Gasteiger partial charge in [-0.15, -0.1) is 0 Å². The first-order valence-corrected chi connectivity index (χ1v) is 8.11. The second-order valence-corrected chi connectivity index (χ2v) is 6.05. The number of nitrogens with zero attached hydrogens (tertiary/aromatic N) is 3. The van der Waals surface area contributed by atoms with Crippen molar-refractivity contribution in [2.45, 2.75) is 32.4 Å². The van der Waals surface area contributed by atoms with Crippen LogP contribution in [0.25, 0.3) is 11.4 Å². The zero-order valence-electron chi connectivity index (χ0n) is 14.2. The van der Waals surface area contributed by atoms with Crippen LogP contribution in [0.15, 0.2) is 36.7 Å². The lowest BCUT2D eigenvalue weighted by Gasteiger charge is -2.37. The van der Waals surface area contributed by atoms with E-state index in [0.29, 0.717) is 24.3 Å². The molecular weight excluding hydrogens is 328 g/mol. The summed E-state index contributed by atoms with van der Waals surface area (Å²) in [6.07, 6.45) is 0.996. The first-order chi connectivity index (χ1) is 12.0. The van der Waals surface area contributed by atoms with Gasteiger partial charge in [-0.2, -0.15) is 5.10 Å². The van der Waals surface area contributed by atoms with Crippen molar-refractivity contribution in [3.63, 3.8) is 0 Å². The van der Waals surface area contributed by atoms with Crippen LogP contribution in [0.3, 0.4) is 0 Å². The monoisotopic (exact) mass is 349 g/mol. The van der Waals surface area contributed by atoms with Crippen molar-refractivity contribution in [3.8, 4) is 5.75 Å². The highest BCUT2D eigenvalue weighted by molar-refractivity contribution is 5.83. The highest BCUT2D eigenvalue weighted by Crippen LogP contribution is 2.36. The van der Waals surface area contributed by atoms with Gasteiger partial charge in [0.1, 0.15) is 12.0 Å². The summed E-state index contributed by atoms with van der Waals surface area (Å²) in [5.41, 5.74) is 3.09. The van der Waals surface area contributed by atoms with E-state index in [1.807, 2.05) is 13.1 Å². The number of hydrogen-bond acceptors (Lipinski definition) is 4. The van der Waals surface area contributed by atoms with Crippen molar-refractivity contribution in [2.24, 2.45) is 0 Å². The number of alkyl halides is 2. The SMILES string of the molecule is COc1ccc(C2=C(n3cc(C)cn3)CCC(O)N2CC(F)F)cc1. The average Bonchev–Trinajstić information content (AvgIpc) is 3.02. The number of benzene rings is 1. The Hall–Kier alpha value is -2.41. The Morgan fingerprint density at radius 2 is 2.04 bits per heavy atom. The summed E-state index contributed by atoms with van der Waals surface area (Å²) in [5, 5.41) is 14.7. The van der Waals surface area contributed by atoms with Crippen LogP contribution >= 0.6 is 0 Å². The maximum Gasteiger partial charge on any atom is 0.255 e. The molecule has 0 aliphatic carbocycles. The Kier molecular flexibility index (Phi) is 5.03. The fourth-order valence-corrected chi connectivity index (χ4v) is 3.08. The van der Waals surface area contributed by atoms with Crippen molar-refractivity contribution in [2.75, 3.05) is 13.7 Å². The van der Waals surface area contributed by atoms with Crippen molar-refractivity contribution < 1.29 is 18.6 Å². The number of aliphatic hydroxyl groups is 1. The molecule has 0 amide bonds. The van der Waals surface area contributed by atoms with Gasteiger partial charge in [-0.05, 0) is 49.6 Å². The average molecular weight is 349 g/mol. The van der Waals surface area contributed by atoms with Crippen LogP contribution < -0.4 is 4.74 Å². The number of allylic oxidation sites excluding steroid dienone is 1. The smallest absolute Gasteiger partial charge is 0.255 e. The summed E-state index contributed by atoms with van der Waals surface area (Å²) in [6.45, 7) is 1.39. The molecule has 1 aromatic carbocycles. The summed E-state index contributed by atoms with van der Waals surface area (Å²) in [4.78, 5) is 1.36. The summed E-state index contributed by atoms with van der Waals surface area (Å²) in [7, 11) is 1.57. The van der Waals surface area contributed by atoms with Gasteiger partial charge in [0.2, 0.25) is 0 Å². The van der Waals surface area contributed by atoms with Crippen LogP contribution in [0.2, 0.25) is 0 Å². The molecule has 7 heteroatoms. The lowest BCUT2D eigenvalue weighted by Crippen LogP contribution is -2.40. The van der Waals surface area contributed by atoms with Crippen LogP contribution in [0.4, 0.5) is 8.78 Å². The zero-order valence-corrected chi connectivity index (χ0v) is 14.2. The lowest BCUT2D eigenvalue weighted by atomic mass is 10.0.